The van der Waals surface area contributed by atoms with Crippen LogP contribution in [0.25, 0.3) is 0 Å². The Labute approximate surface area is 101 Å². The van der Waals surface area contributed by atoms with Gasteiger partial charge in [-0.25, -0.2) is 0 Å². The molecule has 0 aromatic rings. The average Bonchev–Trinajstić information content (AvgIpc) is 2.25. The van der Waals surface area contributed by atoms with Crippen molar-refractivity contribution < 1.29 is 0 Å². The second kappa shape index (κ2) is 6.58. The molecule has 3 heteroatoms. The van der Waals surface area contributed by atoms with Gasteiger partial charge in [-0.15, -0.1) is 0 Å². The molecule has 0 aromatic heterocycles. The Hall–Kier alpha value is -0.120. The molecule has 3 unspecified atom stereocenters. The summed E-state index contributed by atoms with van der Waals surface area (Å²) in [6.07, 6.45) is 3.97. The van der Waals surface area contributed by atoms with Gasteiger partial charge in [0, 0.05) is 12.6 Å². The van der Waals surface area contributed by atoms with E-state index in [9.17, 15) is 0 Å². The van der Waals surface area contributed by atoms with E-state index in [2.05, 4.69) is 37.9 Å². The number of rotatable bonds is 5. The van der Waals surface area contributed by atoms with E-state index in [-0.39, 0.29) is 0 Å². The Morgan fingerprint density at radius 1 is 1.44 bits per heavy atom. The van der Waals surface area contributed by atoms with Gasteiger partial charge in [0.1, 0.15) is 0 Å². The predicted octanol–water partition coefficient (Wildman–Crippen LogP) is 1.24. The van der Waals surface area contributed by atoms with Crippen molar-refractivity contribution >= 4 is 0 Å². The quantitative estimate of drug-likeness (QED) is 0.767. The molecule has 1 rings (SSSR count). The molecular weight excluding hydrogens is 198 g/mol. The van der Waals surface area contributed by atoms with Gasteiger partial charge in [-0.05, 0) is 65.3 Å². The van der Waals surface area contributed by atoms with E-state index in [1.54, 1.807) is 0 Å². The number of piperidine rings is 1. The van der Waals surface area contributed by atoms with Crippen molar-refractivity contribution in [2.75, 3.05) is 40.8 Å². The number of hydrogen-bond donors (Lipinski definition) is 1. The Morgan fingerprint density at radius 3 is 2.62 bits per heavy atom. The third kappa shape index (κ3) is 4.04. The van der Waals surface area contributed by atoms with Crippen molar-refractivity contribution in [3.63, 3.8) is 0 Å². The highest BCUT2D eigenvalue weighted by atomic mass is 15.1. The second-order valence-corrected chi connectivity index (χ2v) is 5.77. The van der Waals surface area contributed by atoms with Crippen molar-refractivity contribution in [2.24, 2.45) is 17.6 Å². The molecule has 3 nitrogen and oxygen atoms in total. The van der Waals surface area contributed by atoms with Crippen molar-refractivity contribution in [3.05, 3.63) is 0 Å². The third-order valence-corrected chi connectivity index (χ3v) is 3.91. The first-order valence-corrected chi connectivity index (χ1v) is 6.59. The van der Waals surface area contributed by atoms with Crippen LogP contribution in [0.4, 0.5) is 0 Å². The lowest BCUT2D eigenvalue weighted by atomic mass is 9.85. The maximum atomic E-state index is 5.75. The Bertz CT molecular complexity index is 194. The lowest BCUT2D eigenvalue weighted by Gasteiger charge is -2.39. The zero-order chi connectivity index (χ0) is 12.1. The summed E-state index contributed by atoms with van der Waals surface area (Å²) in [5, 5.41) is 0. The van der Waals surface area contributed by atoms with Gasteiger partial charge in [-0.2, -0.15) is 0 Å². The van der Waals surface area contributed by atoms with Crippen LogP contribution in [-0.4, -0.2) is 56.6 Å². The maximum absolute atomic E-state index is 5.75. The number of nitrogens with zero attached hydrogens (tertiary/aromatic N) is 2. The molecule has 0 aliphatic carbocycles. The number of hydrogen-bond acceptors (Lipinski definition) is 3. The average molecular weight is 227 g/mol. The van der Waals surface area contributed by atoms with Crippen LogP contribution in [0.5, 0.6) is 0 Å². The minimum Gasteiger partial charge on any atom is -0.330 e. The molecule has 3 atom stereocenters. The minimum absolute atomic E-state index is 0.639. The maximum Gasteiger partial charge on any atom is 0.0133 e. The van der Waals surface area contributed by atoms with Gasteiger partial charge in [0.2, 0.25) is 0 Å². The Morgan fingerprint density at radius 2 is 2.12 bits per heavy atom. The van der Waals surface area contributed by atoms with Gasteiger partial charge in [0.15, 0.2) is 0 Å². The van der Waals surface area contributed by atoms with E-state index in [1.807, 2.05) is 0 Å². The van der Waals surface area contributed by atoms with Crippen LogP contribution in [0.15, 0.2) is 0 Å². The fourth-order valence-electron chi connectivity index (χ4n) is 2.85. The highest BCUT2D eigenvalue weighted by molar-refractivity contribution is 4.83. The fourth-order valence-corrected chi connectivity index (χ4v) is 2.85. The summed E-state index contributed by atoms with van der Waals surface area (Å²) in [5.41, 5.74) is 5.75. The number of likely N-dealkylation sites (tertiary alicyclic amines) is 1. The molecule has 96 valence electrons. The summed E-state index contributed by atoms with van der Waals surface area (Å²) in [6, 6.07) is 0.696. The van der Waals surface area contributed by atoms with Crippen LogP contribution >= 0.6 is 0 Å². The van der Waals surface area contributed by atoms with E-state index < -0.39 is 0 Å². The van der Waals surface area contributed by atoms with Crippen molar-refractivity contribution in [1.82, 2.24) is 9.80 Å². The molecule has 0 saturated carbocycles. The molecule has 0 spiro atoms. The van der Waals surface area contributed by atoms with E-state index in [1.165, 1.54) is 32.4 Å². The summed E-state index contributed by atoms with van der Waals surface area (Å²) < 4.78 is 0. The lowest BCUT2D eigenvalue weighted by Crippen LogP contribution is -2.45. The van der Waals surface area contributed by atoms with Crippen LogP contribution < -0.4 is 5.73 Å². The van der Waals surface area contributed by atoms with E-state index in [0.717, 1.165) is 12.5 Å². The van der Waals surface area contributed by atoms with E-state index >= 15 is 0 Å². The van der Waals surface area contributed by atoms with Crippen molar-refractivity contribution in [3.8, 4) is 0 Å². The van der Waals surface area contributed by atoms with Crippen molar-refractivity contribution in [1.29, 1.82) is 0 Å². The van der Waals surface area contributed by atoms with Gasteiger partial charge in [-0.1, -0.05) is 6.92 Å². The highest BCUT2D eigenvalue weighted by Crippen LogP contribution is 2.25. The van der Waals surface area contributed by atoms with Crippen LogP contribution in [0.1, 0.15) is 26.2 Å². The second-order valence-electron chi connectivity index (χ2n) is 5.77. The summed E-state index contributed by atoms with van der Waals surface area (Å²) in [6.45, 7) is 5.60. The molecule has 1 aliphatic rings. The molecule has 0 aromatic carbocycles. The zero-order valence-electron chi connectivity index (χ0n) is 11.4. The first-order valence-electron chi connectivity index (χ1n) is 6.59. The summed E-state index contributed by atoms with van der Waals surface area (Å²) in [4.78, 5) is 4.87. The first-order chi connectivity index (χ1) is 7.54. The highest BCUT2D eigenvalue weighted by Gasteiger charge is 2.28. The van der Waals surface area contributed by atoms with Crippen LogP contribution in [0.2, 0.25) is 0 Å². The molecule has 2 N–H and O–H groups in total. The monoisotopic (exact) mass is 227 g/mol. The molecule has 0 amide bonds. The molecule has 0 bridgehead atoms. The Balaban J connectivity index is 2.54. The zero-order valence-corrected chi connectivity index (χ0v) is 11.4. The van der Waals surface area contributed by atoms with Gasteiger partial charge in [0.05, 0.1) is 0 Å². The third-order valence-electron chi connectivity index (χ3n) is 3.91. The lowest BCUT2D eigenvalue weighted by molar-refractivity contribution is 0.107. The topological polar surface area (TPSA) is 32.5 Å². The van der Waals surface area contributed by atoms with Gasteiger partial charge >= 0.3 is 0 Å². The molecule has 1 saturated heterocycles. The number of nitrogens with two attached hydrogens (primary N) is 1. The van der Waals surface area contributed by atoms with Gasteiger partial charge < -0.3 is 15.5 Å². The van der Waals surface area contributed by atoms with Crippen molar-refractivity contribution in [2.45, 2.75) is 32.2 Å². The minimum atomic E-state index is 0.639. The van der Waals surface area contributed by atoms with Gasteiger partial charge in [-0.3, -0.25) is 0 Å². The molecule has 1 aliphatic heterocycles. The first kappa shape index (κ1) is 13.9. The molecular formula is C13H29N3. The summed E-state index contributed by atoms with van der Waals surface area (Å²) in [7, 11) is 6.66. The largest absolute Gasteiger partial charge is 0.330 e. The van der Waals surface area contributed by atoms with Crippen LogP contribution in [0, 0.1) is 11.8 Å². The SMILES string of the molecule is CC(CN)CC(C1CCCN(C)C1)N(C)C. The van der Waals surface area contributed by atoms with E-state index in [0.29, 0.717) is 12.0 Å². The smallest absolute Gasteiger partial charge is 0.0133 e. The normalized spacial score (nSPS) is 27.0. The van der Waals surface area contributed by atoms with Gasteiger partial charge in [0.25, 0.3) is 0 Å². The standard InChI is InChI=1S/C13H29N3/c1-11(9-14)8-13(15(2)3)12-6-5-7-16(4)10-12/h11-13H,5-10,14H2,1-4H3. The Kier molecular flexibility index (Phi) is 5.73. The summed E-state index contributed by atoms with van der Waals surface area (Å²) in [5.74, 6) is 1.46. The fraction of sp³-hybridized carbons (Fsp3) is 1.00. The van der Waals surface area contributed by atoms with E-state index in [4.69, 9.17) is 5.73 Å². The predicted molar refractivity (Wildman–Crippen MR) is 70.5 cm³/mol. The molecule has 1 heterocycles. The molecule has 0 radical (unpaired) electrons. The summed E-state index contributed by atoms with van der Waals surface area (Å²) >= 11 is 0. The van der Waals surface area contributed by atoms with Crippen LogP contribution in [0.3, 0.4) is 0 Å². The molecule has 16 heavy (non-hydrogen) atoms. The molecule has 1 fully saturated rings. The van der Waals surface area contributed by atoms with Crippen LogP contribution in [-0.2, 0) is 0 Å².